The summed E-state index contributed by atoms with van der Waals surface area (Å²) in [5.74, 6) is -4.33. The van der Waals surface area contributed by atoms with Crippen molar-refractivity contribution in [1.82, 2.24) is 0 Å². The molecule has 0 aliphatic heterocycles. The van der Waals surface area contributed by atoms with E-state index < -0.39 is 30.5 Å². The zero-order valence-corrected chi connectivity index (χ0v) is 16.1. The van der Waals surface area contributed by atoms with Crippen molar-refractivity contribution in [3.63, 3.8) is 0 Å². The molecule has 7 heteroatoms. The zero-order chi connectivity index (χ0) is 21.6. The molecule has 0 aliphatic carbocycles. The SMILES string of the molecule is CC[C@@H](CC(=O)OC(=O)C(F)(F)F)C(=N)c1ccc(C(C)c2ccccc2)cc1. The first-order chi connectivity index (χ1) is 13.6. The van der Waals surface area contributed by atoms with Crippen LogP contribution in [0.2, 0.25) is 0 Å². The van der Waals surface area contributed by atoms with Gasteiger partial charge in [-0.2, -0.15) is 13.2 Å². The van der Waals surface area contributed by atoms with Gasteiger partial charge in [0.05, 0.1) is 6.42 Å². The van der Waals surface area contributed by atoms with Gasteiger partial charge in [0, 0.05) is 17.5 Å². The van der Waals surface area contributed by atoms with Gasteiger partial charge in [0.2, 0.25) is 0 Å². The van der Waals surface area contributed by atoms with Crippen LogP contribution in [0.4, 0.5) is 13.2 Å². The maximum absolute atomic E-state index is 12.2. The van der Waals surface area contributed by atoms with E-state index in [0.717, 1.165) is 11.1 Å². The lowest BCUT2D eigenvalue weighted by Gasteiger charge is -2.17. The third-order valence-electron chi connectivity index (χ3n) is 4.77. The number of carbonyl (C=O) groups is 2. The summed E-state index contributed by atoms with van der Waals surface area (Å²) < 4.78 is 40.5. The third kappa shape index (κ3) is 6.01. The number of esters is 2. The number of rotatable bonds is 7. The number of halogens is 3. The van der Waals surface area contributed by atoms with Gasteiger partial charge < -0.3 is 10.1 Å². The Balaban J connectivity index is 2.06. The van der Waals surface area contributed by atoms with Gasteiger partial charge >= 0.3 is 18.1 Å². The van der Waals surface area contributed by atoms with Crippen LogP contribution in [0.3, 0.4) is 0 Å². The first kappa shape index (κ1) is 22.3. The van der Waals surface area contributed by atoms with Crippen LogP contribution in [0.15, 0.2) is 54.6 Å². The number of hydrogen-bond acceptors (Lipinski definition) is 4. The van der Waals surface area contributed by atoms with Crippen LogP contribution in [0, 0.1) is 11.3 Å². The molecule has 1 N–H and O–H groups in total. The minimum atomic E-state index is -5.23. The zero-order valence-electron chi connectivity index (χ0n) is 16.1. The fourth-order valence-electron chi connectivity index (χ4n) is 2.98. The van der Waals surface area contributed by atoms with Crippen LogP contribution in [-0.2, 0) is 14.3 Å². The summed E-state index contributed by atoms with van der Waals surface area (Å²) >= 11 is 0. The molecule has 2 rings (SSSR count). The molecule has 0 spiro atoms. The van der Waals surface area contributed by atoms with Crippen LogP contribution in [0.5, 0.6) is 0 Å². The maximum atomic E-state index is 12.2. The lowest BCUT2D eigenvalue weighted by Crippen LogP contribution is -2.29. The molecular weight excluding hydrogens is 383 g/mol. The second-order valence-electron chi connectivity index (χ2n) is 6.74. The third-order valence-corrected chi connectivity index (χ3v) is 4.77. The number of benzene rings is 2. The molecule has 0 bridgehead atoms. The normalized spacial score (nSPS) is 13.4. The van der Waals surface area contributed by atoms with Crippen molar-refractivity contribution in [3.8, 4) is 0 Å². The highest BCUT2D eigenvalue weighted by molar-refractivity contribution is 6.02. The average molecular weight is 405 g/mol. The van der Waals surface area contributed by atoms with Gasteiger partial charge in [0.1, 0.15) is 0 Å². The van der Waals surface area contributed by atoms with E-state index in [1.54, 1.807) is 19.1 Å². The summed E-state index contributed by atoms with van der Waals surface area (Å²) in [5.41, 5.74) is 2.88. The van der Waals surface area contributed by atoms with Crippen LogP contribution >= 0.6 is 0 Å². The Kier molecular flexibility index (Phi) is 7.31. The molecule has 0 amide bonds. The first-order valence-electron chi connectivity index (χ1n) is 9.19. The number of ether oxygens (including phenoxy) is 1. The molecule has 4 nitrogen and oxygen atoms in total. The second-order valence-corrected chi connectivity index (χ2v) is 6.74. The van der Waals surface area contributed by atoms with Crippen molar-refractivity contribution >= 4 is 17.7 Å². The van der Waals surface area contributed by atoms with Gasteiger partial charge in [-0.3, -0.25) is 4.79 Å². The molecule has 1 unspecified atom stereocenters. The van der Waals surface area contributed by atoms with Gasteiger partial charge in [-0.25, -0.2) is 4.79 Å². The van der Waals surface area contributed by atoms with E-state index in [0.29, 0.717) is 12.0 Å². The second kappa shape index (κ2) is 9.49. The summed E-state index contributed by atoms with van der Waals surface area (Å²) in [5, 5.41) is 8.31. The predicted molar refractivity (Wildman–Crippen MR) is 103 cm³/mol. The molecule has 2 atom stereocenters. The Morgan fingerprint density at radius 3 is 2.07 bits per heavy atom. The number of nitrogens with one attached hydrogen (secondary N) is 1. The molecule has 0 radical (unpaired) electrons. The van der Waals surface area contributed by atoms with Crippen LogP contribution in [0.1, 0.15) is 49.3 Å². The topological polar surface area (TPSA) is 67.2 Å². The standard InChI is InChI=1S/C22H22F3NO3/c1-3-15(13-19(27)29-21(28)22(23,24)25)20(26)18-11-9-17(10-12-18)14(2)16-7-5-4-6-8-16/h4-12,14-15,26H,3,13H2,1-2H3/t14?,15-/m0/s1. The Hall–Kier alpha value is -2.96. The van der Waals surface area contributed by atoms with Crippen molar-refractivity contribution in [2.45, 2.75) is 38.8 Å². The van der Waals surface area contributed by atoms with Crippen LogP contribution in [-0.4, -0.2) is 23.8 Å². The molecule has 0 saturated carbocycles. The Morgan fingerprint density at radius 2 is 1.55 bits per heavy atom. The predicted octanol–water partition coefficient (Wildman–Crippen LogP) is 5.25. The summed E-state index contributed by atoms with van der Waals surface area (Å²) in [6, 6.07) is 17.2. The largest absolute Gasteiger partial charge is 0.491 e. The fourth-order valence-corrected chi connectivity index (χ4v) is 2.98. The van der Waals surface area contributed by atoms with Gasteiger partial charge in [0.25, 0.3) is 0 Å². The fraction of sp³-hybridized carbons (Fsp3) is 0.318. The van der Waals surface area contributed by atoms with Crippen molar-refractivity contribution < 1.29 is 27.5 Å². The van der Waals surface area contributed by atoms with Crippen molar-refractivity contribution in [3.05, 3.63) is 71.3 Å². The molecule has 0 heterocycles. The molecule has 2 aromatic rings. The van der Waals surface area contributed by atoms with Crippen molar-refractivity contribution in [2.75, 3.05) is 0 Å². The molecule has 0 saturated heterocycles. The lowest BCUT2D eigenvalue weighted by molar-refractivity contribution is -0.202. The van der Waals surface area contributed by atoms with Crippen molar-refractivity contribution in [1.29, 1.82) is 5.41 Å². The minimum Gasteiger partial charge on any atom is -0.386 e. The van der Waals surface area contributed by atoms with E-state index in [-0.39, 0.29) is 11.6 Å². The smallest absolute Gasteiger partial charge is 0.386 e. The van der Waals surface area contributed by atoms with Crippen LogP contribution in [0.25, 0.3) is 0 Å². The highest BCUT2D eigenvalue weighted by atomic mass is 19.4. The summed E-state index contributed by atoms with van der Waals surface area (Å²) in [7, 11) is 0. The quantitative estimate of drug-likeness (QED) is 0.388. The Bertz CT molecular complexity index is 861. The average Bonchev–Trinajstić information content (AvgIpc) is 2.71. The molecule has 0 aliphatic rings. The van der Waals surface area contributed by atoms with Gasteiger partial charge in [-0.1, -0.05) is 68.4 Å². The van der Waals surface area contributed by atoms with Gasteiger partial charge in [0.15, 0.2) is 0 Å². The summed E-state index contributed by atoms with van der Waals surface area (Å²) in [4.78, 5) is 22.4. The first-order valence-corrected chi connectivity index (χ1v) is 9.19. The highest BCUT2D eigenvalue weighted by Crippen LogP contribution is 2.25. The molecule has 154 valence electrons. The van der Waals surface area contributed by atoms with Gasteiger partial charge in [-0.15, -0.1) is 0 Å². The van der Waals surface area contributed by atoms with E-state index in [1.165, 1.54) is 0 Å². The monoisotopic (exact) mass is 405 g/mol. The van der Waals surface area contributed by atoms with Crippen molar-refractivity contribution in [2.24, 2.45) is 5.92 Å². The Morgan fingerprint density at radius 1 is 1.00 bits per heavy atom. The number of carbonyl (C=O) groups excluding carboxylic acids is 2. The van der Waals surface area contributed by atoms with E-state index in [2.05, 4.69) is 11.7 Å². The van der Waals surface area contributed by atoms with Gasteiger partial charge in [-0.05, 0) is 23.1 Å². The molecule has 2 aromatic carbocycles. The lowest BCUT2D eigenvalue weighted by atomic mass is 9.88. The van der Waals surface area contributed by atoms with E-state index in [4.69, 9.17) is 5.41 Å². The summed E-state index contributed by atoms with van der Waals surface area (Å²) in [6.07, 6.45) is -5.36. The molecular formula is C22H22F3NO3. The highest BCUT2D eigenvalue weighted by Gasteiger charge is 2.42. The van der Waals surface area contributed by atoms with E-state index >= 15 is 0 Å². The Labute approximate surface area is 167 Å². The van der Waals surface area contributed by atoms with Crippen LogP contribution < -0.4 is 0 Å². The molecule has 29 heavy (non-hydrogen) atoms. The van der Waals surface area contributed by atoms with E-state index in [1.807, 2.05) is 42.5 Å². The molecule has 0 aromatic heterocycles. The maximum Gasteiger partial charge on any atom is 0.491 e. The number of hydrogen-bond donors (Lipinski definition) is 1. The van der Waals surface area contributed by atoms with E-state index in [9.17, 15) is 22.8 Å². The minimum absolute atomic E-state index is 0.114. The molecule has 0 fully saturated rings. The summed E-state index contributed by atoms with van der Waals surface area (Å²) in [6.45, 7) is 3.78. The number of alkyl halides is 3.